The Labute approximate surface area is 167 Å². The number of hydrogen-bond donors (Lipinski definition) is 1. The molecule has 0 atom stereocenters. The third kappa shape index (κ3) is 5.03. The summed E-state index contributed by atoms with van der Waals surface area (Å²) in [6.07, 6.45) is 4.30. The van der Waals surface area contributed by atoms with Crippen molar-refractivity contribution in [1.82, 2.24) is 9.73 Å². The topological polar surface area (TPSA) is 78.8 Å². The van der Waals surface area contributed by atoms with E-state index in [0.717, 1.165) is 29.3 Å². The first-order valence-electron chi connectivity index (χ1n) is 8.66. The molecule has 0 radical (unpaired) electrons. The second-order valence-electron chi connectivity index (χ2n) is 6.25. The van der Waals surface area contributed by atoms with Crippen molar-refractivity contribution in [3.05, 3.63) is 64.1 Å². The Morgan fingerprint density at radius 3 is 2.56 bits per heavy atom. The Hall–Kier alpha value is -2.03. The quantitative estimate of drug-likeness (QED) is 0.561. The van der Waals surface area contributed by atoms with Crippen molar-refractivity contribution < 1.29 is 13.2 Å². The summed E-state index contributed by atoms with van der Waals surface area (Å²) in [4.78, 5) is 12.4. The maximum absolute atomic E-state index is 12.8. The summed E-state index contributed by atoms with van der Waals surface area (Å²) in [6, 6.07) is 13.5. The van der Waals surface area contributed by atoms with E-state index in [9.17, 15) is 13.2 Å². The molecule has 3 rings (SSSR count). The maximum Gasteiger partial charge on any atom is 0.271 e. The van der Waals surface area contributed by atoms with Crippen molar-refractivity contribution in [3.63, 3.8) is 0 Å². The SMILES string of the molecule is O=C(N/N=C/c1cccc(Br)c1)c1cccc(S(=O)(=O)N2CCCCC2)c1. The molecule has 1 aliphatic rings. The molecule has 1 amide bonds. The van der Waals surface area contributed by atoms with Gasteiger partial charge in [-0.1, -0.05) is 40.5 Å². The highest BCUT2D eigenvalue weighted by molar-refractivity contribution is 9.10. The van der Waals surface area contributed by atoms with Gasteiger partial charge in [0.25, 0.3) is 5.91 Å². The first kappa shape index (κ1) is 19.7. The number of hydrazone groups is 1. The number of benzene rings is 2. The number of nitrogens with one attached hydrogen (secondary N) is 1. The highest BCUT2D eigenvalue weighted by Gasteiger charge is 2.26. The van der Waals surface area contributed by atoms with Crippen LogP contribution in [0.1, 0.15) is 35.2 Å². The van der Waals surface area contributed by atoms with E-state index in [1.54, 1.807) is 12.1 Å². The second kappa shape index (κ2) is 8.77. The van der Waals surface area contributed by atoms with Crippen molar-refractivity contribution in [2.75, 3.05) is 13.1 Å². The molecule has 2 aromatic carbocycles. The minimum atomic E-state index is -3.58. The predicted molar refractivity (Wildman–Crippen MR) is 108 cm³/mol. The zero-order chi connectivity index (χ0) is 19.3. The van der Waals surface area contributed by atoms with E-state index in [1.165, 1.54) is 22.7 Å². The first-order valence-corrected chi connectivity index (χ1v) is 10.9. The molecule has 6 nitrogen and oxygen atoms in total. The molecule has 27 heavy (non-hydrogen) atoms. The molecule has 1 fully saturated rings. The van der Waals surface area contributed by atoms with Gasteiger partial charge in [0.15, 0.2) is 0 Å². The van der Waals surface area contributed by atoms with E-state index in [2.05, 4.69) is 26.5 Å². The highest BCUT2D eigenvalue weighted by Crippen LogP contribution is 2.21. The third-order valence-corrected chi connectivity index (χ3v) is 6.67. The van der Waals surface area contributed by atoms with Crippen molar-refractivity contribution in [2.24, 2.45) is 5.10 Å². The number of amides is 1. The fraction of sp³-hybridized carbons (Fsp3) is 0.263. The minimum absolute atomic E-state index is 0.132. The largest absolute Gasteiger partial charge is 0.271 e. The van der Waals surface area contributed by atoms with Gasteiger partial charge in [-0.05, 0) is 48.7 Å². The molecule has 8 heteroatoms. The van der Waals surface area contributed by atoms with Crippen LogP contribution in [0, 0.1) is 0 Å². The van der Waals surface area contributed by atoms with E-state index in [1.807, 2.05) is 24.3 Å². The van der Waals surface area contributed by atoms with Crippen molar-refractivity contribution in [2.45, 2.75) is 24.2 Å². The summed E-state index contributed by atoms with van der Waals surface area (Å²) in [5.74, 6) is -0.461. The van der Waals surface area contributed by atoms with Gasteiger partial charge in [0.2, 0.25) is 10.0 Å². The lowest BCUT2D eigenvalue weighted by molar-refractivity contribution is 0.0955. The van der Waals surface area contributed by atoms with Crippen LogP contribution in [0.4, 0.5) is 0 Å². The maximum atomic E-state index is 12.8. The normalized spacial score (nSPS) is 15.7. The summed E-state index contributed by atoms with van der Waals surface area (Å²) in [6.45, 7) is 1.05. The number of hydrogen-bond acceptors (Lipinski definition) is 4. The standard InChI is InChI=1S/C19H20BrN3O3S/c20-17-8-4-6-15(12-17)14-21-22-19(24)16-7-5-9-18(13-16)27(25,26)23-10-2-1-3-11-23/h4-9,12-14H,1-3,10-11H2,(H,22,24)/b21-14+. The van der Waals surface area contributed by atoms with Crippen LogP contribution in [0.15, 0.2) is 63.0 Å². The first-order chi connectivity index (χ1) is 13.0. The predicted octanol–water partition coefficient (Wildman–Crippen LogP) is 3.39. The molecule has 0 aromatic heterocycles. The Bertz CT molecular complexity index is 954. The Balaban J connectivity index is 1.72. The van der Waals surface area contributed by atoms with E-state index in [0.29, 0.717) is 13.1 Å². The number of rotatable bonds is 5. The number of piperidine rings is 1. The molecule has 0 spiro atoms. The molecular formula is C19H20BrN3O3S. The molecule has 1 heterocycles. The molecule has 142 valence electrons. The third-order valence-electron chi connectivity index (χ3n) is 4.28. The van der Waals surface area contributed by atoms with Crippen LogP contribution in [0.25, 0.3) is 0 Å². The summed E-state index contributed by atoms with van der Waals surface area (Å²) < 4.78 is 27.9. The number of nitrogens with zero attached hydrogens (tertiary/aromatic N) is 2. The second-order valence-corrected chi connectivity index (χ2v) is 9.10. The summed E-state index contributed by atoms with van der Waals surface area (Å²) in [5.41, 5.74) is 3.51. The van der Waals surface area contributed by atoms with Gasteiger partial charge < -0.3 is 0 Å². The van der Waals surface area contributed by atoms with Gasteiger partial charge in [-0.3, -0.25) is 4.79 Å². The zero-order valence-corrected chi connectivity index (χ0v) is 17.0. The average molecular weight is 450 g/mol. The van der Waals surface area contributed by atoms with Crippen molar-refractivity contribution in [3.8, 4) is 0 Å². The van der Waals surface area contributed by atoms with Crippen LogP contribution in [0.3, 0.4) is 0 Å². The van der Waals surface area contributed by atoms with E-state index in [-0.39, 0.29) is 10.5 Å². The number of carbonyl (C=O) groups is 1. The number of carbonyl (C=O) groups excluding carboxylic acids is 1. The van der Waals surface area contributed by atoms with Gasteiger partial charge in [0, 0.05) is 23.1 Å². The monoisotopic (exact) mass is 449 g/mol. The molecule has 0 aliphatic carbocycles. The van der Waals surface area contributed by atoms with Crippen LogP contribution >= 0.6 is 15.9 Å². The smallest absolute Gasteiger partial charge is 0.267 e. The lowest BCUT2D eigenvalue weighted by atomic mass is 10.2. The number of sulfonamides is 1. The molecule has 1 N–H and O–H groups in total. The van der Waals surface area contributed by atoms with Gasteiger partial charge in [0.1, 0.15) is 0 Å². The molecule has 0 saturated carbocycles. The van der Waals surface area contributed by atoms with Crippen LogP contribution < -0.4 is 5.43 Å². The van der Waals surface area contributed by atoms with Gasteiger partial charge in [-0.2, -0.15) is 9.41 Å². The Kier molecular flexibility index (Phi) is 6.41. The van der Waals surface area contributed by atoms with Gasteiger partial charge >= 0.3 is 0 Å². The summed E-state index contributed by atoms with van der Waals surface area (Å²) >= 11 is 3.37. The van der Waals surface area contributed by atoms with Gasteiger partial charge in [0.05, 0.1) is 11.1 Å². The average Bonchev–Trinajstić information content (AvgIpc) is 2.69. The molecule has 0 unspecified atom stereocenters. The Morgan fingerprint density at radius 2 is 1.81 bits per heavy atom. The fourth-order valence-electron chi connectivity index (χ4n) is 2.87. The van der Waals surface area contributed by atoms with Crippen LogP contribution in [0.5, 0.6) is 0 Å². The lowest BCUT2D eigenvalue weighted by Crippen LogP contribution is -2.35. The summed E-state index contributed by atoms with van der Waals surface area (Å²) in [5, 5.41) is 3.94. The molecule has 0 bridgehead atoms. The van der Waals surface area contributed by atoms with Crippen LogP contribution in [-0.4, -0.2) is 37.9 Å². The van der Waals surface area contributed by atoms with Crippen molar-refractivity contribution in [1.29, 1.82) is 0 Å². The van der Waals surface area contributed by atoms with Crippen molar-refractivity contribution >= 4 is 38.1 Å². The van der Waals surface area contributed by atoms with E-state index >= 15 is 0 Å². The van der Waals surface area contributed by atoms with E-state index in [4.69, 9.17) is 0 Å². The summed E-state index contributed by atoms with van der Waals surface area (Å²) in [7, 11) is -3.58. The molecule has 1 aliphatic heterocycles. The number of halogens is 1. The minimum Gasteiger partial charge on any atom is -0.267 e. The van der Waals surface area contributed by atoms with Gasteiger partial charge in [-0.25, -0.2) is 13.8 Å². The lowest BCUT2D eigenvalue weighted by Gasteiger charge is -2.25. The zero-order valence-electron chi connectivity index (χ0n) is 14.6. The van der Waals surface area contributed by atoms with Crippen LogP contribution in [-0.2, 0) is 10.0 Å². The van der Waals surface area contributed by atoms with Crippen LogP contribution in [0.2, 0.25) is 0 Å². The fourth-order valence-corrected chi connectivity index (χ4v) is 4.85. The Morgan fingerprint density at radius 1 is 1.07 bits per heavy atom. The van der Waals surface area contributed by atoms with E-state index < -0.39 is 15.9 Å². The molecular weight excluding hydrogens is 430 g/mol. The molecule has 1 saturated heterocycles. The highest BCUT2D eigenvalue weighted by atomic mass is 79.9. The molecule has 2 aromatic rings. The van der Waals surface area contributed by atoms with Gasteiger partial charge in [-0.15, -0.1) is 0 Å².